The number of benzene rings is 1. The Morgan fingerprint density at radius 3 is 2.72 bits per heavy atom. The first-order valence-electron chi connectivity index (χ1n) is 10.2. The smallest absolute Gasteiger partial charge is 0.289 e. The van der Waals surface area contributed by atoms with Gasteiger partial charge in [0.05, 0.1) is 16.5 Å². The van der Waals surface area contributed by atoms with Gasteiger partial charge in [0.25, 0.3) is 5.69 Å². The molecule has 1 aliphatic rings. The largest absolute Gasteiger partial charge is 0.356 e. The fraction of sp³-hybridized carbons (Fsp3) is 0.333. The number of nitro groups is 1. The molecule has 1 saturated heterocycles. The number of nitrogens with one attached hydrogen (secondary N) is 1. The van der Waals surface area contributed by atoms with Crippen molar-refractivity contribution in [3.8, 4) is 5.82 Å². The van der Waals surface area contributed by atoms with Crippen LogP contribution >= 0.6 is 11.6 Å². The van der Waals surface area contributed by atoms with Crippen LogP contribution in [0.1, 0.15) is 24.2 Å². The molecular weight excluding hydrogens is 434 g/mol. The van der Waals surface area contributed by atoms with E-state index in [0.717, 1.165) is 30.2 Å². The molecule has 3 aromatic rings. The molecule has 1 fully saturated rings. The van der Waals surface area contributed by atoms with Crippen LogP contribution in [0.3, 0.4) is 0 Å². The third kappa shape index (κ3) is 4.54. The summed E-state index contributed by atoms with van der Waals surface area (Å²) < 4.78 is 1.77. The number of hydrogen-bond donors (Lipinski definition) is 1. The number of halogens is 1. The van der Waals surface area contributed by atoms with Crippen molar-refractivity contribution < 1.29 is 9.72 Å². The van der Waals surface area contributed by atoms with Crippen molar-refractivity contribution in [2.24, 2.45) is 5.92 Å². The molecular formula is C21H22ClN7O3. The normalized spacial score (nSPS) is 16.1. The van der Waals surface area contributed by atoms with E-state index in [-0.39, 0.29) is 22.5 Å². The molecule has 166 valence electrons. The van der Waals surface area contributed by atoms with Crippen LogP contribution in [0.15, 0.2) is 36.7 Å². The Labute approximate surface area is 189 Å². The number of nitrogens with zero attached hydrogens (tertiary/aromatic N) is 6. The number of nitro benzene ring substituents is 1. The zero-order chi connectivity index (χ0) is 22.8. The van der Waals surface area contributed by atoms with E-state index >= 15 is 0 Å². The van der Waals surface area contributed by atoms with Crippen molar-refractivity contribution in [1.82, 2.24) is 19.7 Å². The highest BCUT2D eigenvalue weighted by molar-refractivity contribution is 6.32. The van der Waals surface area contributed by atoms with Gasteiger partial charge in [-0.15, -0.1) is 0 Å². The average Bonchev–Trinajstić information content (AvgIpc) is 3.13. The van der Waals surface area contributed by atoms with Crippen molar-refractivity contribution in [1.29, 1.82) is 0 Å². The predicted octanol–water partition coefficient (Wildman–Crippen LogP) is 3.70. The summed E-state index contributed by atoms with van der Waals surface area (Å²) in [6, 6.07) is 8.07. The summed E-state index contributed by atoms with van der Waals surface area (Å²) in [7, 11) is 0. The number of aromatic nitrogens is 4. The lowest BCUT2D eigenvalue weighted by Gasteiger charge is -2.32. The van der Waals surface area contributed by atoms with Gasteiger partial charge in [0.2, 0.25) is 5.91 Å². The molecule has 32 heavy (non-hydrogen) atoms. The Balaban J connectivity index is 1.48. The lowest BCUT2D eigenvalue weighted by molar-refractivity contribution is -0.384. The molecule has 1 amide bonds. The van der Waals surface area contributed by atoms with Gasteiger partial charge in [0.1, 0.15) is 17.2 Å². The Bertz CT molecular complexity index is 1180. The number of anilines is 2. The SMILES string of the molecule is Cc1cc(C)n(-c2cc(N3CCCC(C(=O)Nc4ccc(Cl)c([N+](=O)[O-])c4)C3)ncn2)n1. The average molecular weight is 456 g/mol. The van der Waals surface area contributed by atoms with Gasteiger partial charge < -0.3 is 10.2 Å². The third-order valence-corrected chi connectivity index (χ3v) is 5.71. The fourth-order valence-electron chi connectivity index (χ4n) is 3.86. The van der Waals surface area contributed by atoms with Crippen LogP contribution in [0.2, 0.25) is 5.02 Å². The Morgan fingerprint density at radius 1 is 1.22 bits per heavy atom. The Hall–Kier alpha value is -3.53. The van der Waals surface area contributed by atoms with E-state index in [0.29, 0.717) is 24.5 Å². The number of hydrogen-bond acceptors (Lipinski definition) is 7. The highest BCUT2D eigenvalue weighted by atomic mass is 35.5. The lowest BCUT2D eigenvalue weighted by Crippen LogP contribution is -2.41. The second-order valence-electron chi connectivity index (χ2n) is 7.77. The van der Waals surface area contributed by atoms with Gasteiger partial charge in [-0.3, -0.25) is 14.9 Å². The minimum Gasteiger partial charge on any atom is -0.356 e. The van der Waals surface area contributed by atoms with Crippen LogP contribution in [0.4, 0.5) is 17.2 Å². The van der Waals surface area contributed by atoms with Crippen LogP contribution in [0.25, 0.3) is 5.82 Å². The van der Waals surface area contributed by atoms with Gasteiger partial charge >= 0.3 is 0 Å². The van der Waals surface area contributed by atoms with Crippen LogP contribution in [0, 0.1) is 29.9 Å². The van der Waals surface area contributed by atoms with Crippen molar-refractivity contribution in [3.63, 3.8) is 0 Å². The van der Waals surface area contributed by atoms with E-state index in [2.05, 4.69) is 25.3 Å². The van der Waals surface area contributed by atoms with E-state index in [4.69, 9.17) is 11.6 Å². The number of piperidine rings is 1. The highest BCUT2D eigenvalue weighted by Gasteiger charge is 2.27. The van der Waals surface area contributed by atoms with E-state index < -0.39 is 4.92 Å². The van der Waals surface area contributed by atoms with Gasteiger partial charge in [-0.25, -0.2) is 14.6 Å². The molecule has 0 bridgehead atoms. The second-order valence-corrected chi connectivity index (χ2v) is 8.18. The fourth-order valence-corrected chi connectivity index (χ4v) is 4.05. The molecule has 0 radical (unpaired) electrons. The van der Waals surface area contributed by atoms with Crippen molar-refractivity contribution >= 4 is 34.7 Å². The van der Waals surface area contributed by atoms with Crippen LogP contribution in [-0.4, -0.2) is 43.7 Å². The van der Waals surface area contributed by atoms with Gasteiger partial charge in [-0.05, 0) is 44.9 Å². The first-order valence-corrected chi connectivity index (χ1v) is 10.5. The topological polar surface area (TPSA) is 119 Å². The van der Waals surface area contributed by atoms with E-state index in [1.807, 2.05) is 26.0 Å². The summed E-state index contributed by atoms with van der Waals surface area (Å²) >= 11 is 5.85. The minimum atomic E-state index is -0.574. The minimum absolute atomic E-state index is 0.0269. The summed E-state index contributed by atoms with van der Waals surface area (Å²) in [6.07, 6.45) is 3.03. The molecule has 1 atom stereocenters. The summed E-state index contributed by atoms with van der Waals surface area (Å²) in [5, 5.41) is 18.4. The molecule has 0 aliphatic carbocycles. The van der Waals surface area contributed by atoms with Gasteiger partial charge in [0, 0.05) is 36.6 Å². The maximum atomic E-state index is 12.9. The van der Waals surface area contributed by atoms with Crippen molar-refractivity contribution in [3.05, 3.63) is 63.2 Å². The summed E-state index contributed by atoms with van der Waals surface area (Å²) in [5.41, 5.74) is 1.98. The van der Waals surface area contributed by atoms with Crippen LogP contribution in [-0.2, 0) is 4.79 Å². The Morgan fingerprint density at radius 2 is 2.00 bits per heavy atom. The zero-order valence-electron chi connectivity index (χ0n) is 17.7. The molecule has 10 nitrogen and oxygen atoms in total. The number of aryl methyl sites for hydroxylation is 2. The second kappa shape index (κ2) is 8.91. The molecule has 1 aromatic carbocycles. The highest BCUT2D eigenvalue weighted by Crippen LogP contribution is 2.29. The van der Waals surface area contributed by atoms with E-state index in [9.17, 15) is 14.9 Å². The number of carbonyl (C=O) groups is 1. The first-order chi connectivity index (χ1) is 15.3. The Kier molecular flexibility index (Phi) is 6.04. The monoisotopic (exact) mass is 455 g/mol. The quantitative estimate of drug-likeness (QED) is 0.460. The van der Waals surface area contributed by atoms with Gasteiger partial charge in [-0.2, -0.15) is 5.10 Å². The molecule has 1 unspecified atom stereocenters. The van der Waals surface area contributed by atoms with E-state index in [1.54, 1.807) is 10.7 Å². The molecule has 2 aromatic heterocycles. The summed E-state index contributed by atoms with van der Waals surface area (Å²) in [4.78, 5) is 34.2. The standard InChI is InChI=1S/C21H22ClN7O3/c1-13-8-14(2)28(26-13)20-10-19(23-12-24-20)27-7-3-4-15(11-27)21(30)25-16-5-6-17(22)18(9-16)29(31)32/h5-6,8-10,12,15H,3-4,7,11H2,1-2H3,(H,25,30). The van der Waals surface area contributed by atoms with Crippen molar-refractivity contribution in [2.45, 2.75) is 26.7 Å². The lowest BCUT2D eigenvalue weighted by atomic mass is 9.97. The van der Waals surface area contributed by atoms with Crippen molar-refractivity contribution in [2.75, 3.05) is 23.3 Å². The van der Waals surface area contributed by atoms with Gasteiger partial charge in [0.15, 0.2) is 5.82 Å². The molecule has 0 spiro atoms. The number of amides is 1. The number of carbonyl (C=O) groups excluding carboxylic acids is 1. The summed E-state index contributed by atoms with van der Waals surface area (Å²) in [5.74, 6) is 0.910. The first kappa shape index (κ1) is 21.7. The maximum Gasteiger partial charge on any atom is 0.289 e. The third-order valence-electron chi connectivity index (χ3n) is 5.39. The molecule has 4 rings (SSSR count). The molecule has 3 heterocycles. The molecule has 0 saturated carbocycles. The predicted molar refractivity (Wildman–Crippen MR) is 120 cm³/mol. The summed E-state index contributed by atoms with van der Waals surface area (Å²) in [6.45, 7) is 5.14. The van der Waals surface area contributed by atoms with E-state index in [1.165, 1.54) is 18.5 Å². The van der Waals surface area contributed by atoms with Gasteiger partial charge in [-0.1, -0.05) is 11.6 Å². The van der Waals surface area contributed by atoms with Crippen LogP contribution < -0.4 is 10.2 Å². The molecule has 11 heteroatoms. The number of rotatable bonds is 5. The van der Waals surface area contributed by atoms with Crippen LogP contribution in [0.5, 0.6) is 0 Å². The maximum absolute atomic E-state index is 12.9. The molecule has 1 N–H and O–H groups in total. The zero-order valence-corrected chi connectivity index (χ0v) is 18.4. The molecule has 1 aliphatic heterocycles.